The van der Waals surface area contributed by atoms with Crippen LogP contribution in [0.1, 0.15) is 32.0 Å². The van der Waals surface area contributed by atoms with E-state index in [1.54, 1.807) is 6.92 Å². The number of pyridine rings is 1. The Kier molecular flexibility index (Phi) is 6.50. The van der Waals surface area contributed by atoms with Crippen molar-refractivity contribution in [3.63, 3.8) is 0 Å². The Balaban J connectivity index is 0.000000861. The topological polar surface area (TPSA) is 36.4 Å². The smallest absolute Gasteiger partial charge is 0.219 e. The van der Waals surface area contributed by atoms with Gasteiger partial charge < -0.3 is 4.90 Å². The fraction of sp³-hybridized carbons (Fsp3) is 0.600. The molecule has 1 aromatic heterocycles. The van der Waals surface area contributed by atoms with E-state index < -0.39 is 0 Å². The van der Waals surface area contributed by atoms with Crippen LogP contribution in [0.3, 0.4) is 0 Å². The molecule has 4 heteroatoms. The number of rotatable bonds is 2. The zero-order valence-electron chi connectivity index (χ0n) is 12.5. The number of aryl methyl sites for hydroxylation is 1. The monoisotopic (exact) mass is 263 g/mol. The van der Waals surface area contributed by atoms with Gasteiger partial charge in [-0.05, 0) is 18.6 Å². The lowest BCUT2D eigenvalue weighted by atomic mass is 10.2. The first kappa shape index (κ1) is 15.6. The second-order valence-electron chi connectivity index (χ2n) is 4.59. The lowest BCUT2D eigenvalue weighted by molar-refractivity contribution is -0.130. The SMILES string of the molecule is CC.CC(=O)N1CCN(Cc2ccc(C)nc2)CC1. The van der Waals surface area contributed by atoms with Gasteiger partial charge in [-0.1, -0.05) is 19.9 Å². The fourth-order valence-electron chi connectivity index (χ4n) is 2.07. The maximum Gasteiger partial charge on any atom is 0.219 e. The second kappa shape index (κ2) is 7.89. The molecule has 4 nitrogen and oxygen atoms in total. The van der Waals surface area contributed by atoms with Crippen LogP contribution in [-0.4, -0.2) is 46.9 Å². The molecule has 1 aliphatic heterocycles. The summed E-state index contributed by atoms with van der Waals surface area (Å²) in [6.07, 6.45) is 1.94. The van der Waals surface area contributed by atoms with Gasteiger partial charge in [0.2, 0.25) is 5.91 Å². The number of hydrogen-bond donors (Lipinski definition) is 0. The van der Waals surface area contributed by atoms with Gasteiger partial charge in [0, 0.05) is 51.5 Å². The lowest BCUT2D eigenvalue weighted by Gasteiger charge is -2.34. The molecule has 0 aromatic carbocycles. The van der Waals surface area contributed by atoms with Crippen LogP contribution in [0.25, 0.3) is 0 Å². The Morgan fingerprint density at radius 1 is 1.21 bits per heavy atom. The first-order valence-electron chi connectivity index (χ1n) is 7.04. The van der Waals surface area contributed by atoms with E-state index in [0.29, 0.717) is 0 Å². The number of nitrogens with zero attached hydrogens (tertiary/aromatic N) is 3. The van der Waals surface area contributed by atoms with Crippen molar-refractivity contribution in [2.24, 2.45) is 0 Å². The predicted octanol–water partition coefficient (Wildman–Crippen LogP) is 2.08. The largest absolute Gasteiger partial charge is 0.340 e. The van der Waals surface area contributed by atoms with E-state index in [2.05, 4.69) is 16.0 Å². The van der Waals surface area contributed by atoms with Crippen LogP contribution in [-0.2, 0) is 11.3 Å². The quantitative estimate of drug-likeness (QED) is 0.819. The van der Waals surface area contributed by atoms with Crippen LogP contribution >= 0.6 is 0 Å². The molecule has 0 radical (unpaired) electrons. The van der Waals surface area contributed by atoms with Crippen LogP contribution < -0.4 is 0 Å². The summed E-state index contributed by atoms with van der Waals surface area (Å²) < 4.78 is 0. The van der Waals surface area contributed by atoms with E-state index in [1.165, 1.54) is 5.56 Å². The Labute approximate surface area is 116 Å². The third kappa shape index (κ3) is 4.99. The summed E-state index contributed by atoms with van der Waals surface area (Å²) in [4.78, 5) is 19.8. The van der Waals surface area contributed by atoms with Crippen molar-refractivity contribution in [2.75, 3.05) is 26.2 Å². The summed E-state index contributed by atoms with van der Waals surface area (Å²) in [5, 5.41) is 0. The van der Waals surface area contributed by atoms with Crippen LogP contribution in [0.2, 0.25) is 0 Å². The number of aromatic nitrogens is 1. The van der Waals surface area contributed by atoms with E-state index in [9.17, 15) is 4.79 Å². The molecular weight excluding hydrogens is 238 g/mol. The van der Waals surface area contributed by atoms with Gasteiger partial charge in [-0.2, -0.15) is 0 Å². The third-order valence-electron chi connectivity index (χ3n) is 3.20. The van der Waals surface area contributed by atoms with Gasteiger partial charge in [-0.3, -0.25) is 14.7 Å². The predicted molar refractivity (Wildman–Crippen MR) is 77.9 cm³/mol. The molecule has 1 saturated heterocycles. The average Bonchev–Trinajstić information content (AvgIpc) is 2.44. The van der Waals surface area contributed by atoms with Gasteiger partial charge >= 0.3 is 0 Å². The van der Waals surface area contributed by atoms with E-state index >= 15 is 0 Å². The summed E-state index contributed by atoms with van der Waals surface area (Å²) in [6, 6.07) is 4.17. The van der Waals surface area contributed by atoms with Crippen molar-refractivity contribution in [3.05, 3.63) is 29.6 Å². The van der Waals surface area contributed by atoms with Crippen molar-refractivity contribution in [3.8, 4) is 0 Å². The highest BCUT2D eigenvalue weighted by atomic mass is 16.2. The lowest BCUT2D eigenvalue weighted by Crippen LogP contribution is -2.47. The summed E-state index contributed by atoms with van der Waals surface area (Å²) in [7, 11) is 0. The Hall–Kier alpha value is -1.42. The van der Waals surface area contributed by atoms with Crippen molar-refractivity contribution in [2.45, 2.75) is 34.2 Å². The average molecular weight is 263 g/mol. The fourth-order valence-corrected chi connectivity index (χ4v) is 2.07. The van der Waals surface area contributed by atoms with Crippen molar-refractivity contribution >= 4 is 5.91 Å². The summed E-state index contributed by atoms with van der Waals surface area (Å²) in [6.45, 7) is 12.2. The standard InChI is InChI=1S/C13H19N3O.C2H6/c1-11-3-4-13(9-14-11)10-15-5-7-16(8-6-15)12(2)17;1-2/h3-4,9H,5-8,10H2,1-2H3;1-2H3. The molecule has 0 N–H and O–H groups in total. The zero-order chi connectivity index (χ0) is 14.3. The molecule has 0 bridgehead atoms. The summed E-state index contributed by atoms with van der Waals surface area (Å²) >= 11 is 0. The van der Waals surface area contributed by atoms with E-state index in [4.69, 9.17) is 0 Å². The molecular formula is C15H25N3O. The van der Waals surface area contributed by atoms with Gasteiger partial charge in [0.15, 0.2) is 0 Å². The highest BCUT2D eigenvalue weighted by molar-refractivity contribution is 5.73. The molecule has 2 rings (SSSR count). The van der Waals surface area contributed by atoms with Crippen LogP contribution in [0.5, 0.6) is 0 Å². The van der Waals surface area contributed by atoms with Gasteiger partial charge in [0.05, 0.1) is 0 Å². The first-order valence-corrected chi connectivity index (χ1v) is 7.04. The van der Waals surface area contributed by atoms with Crippen LogP contribution in [0, 0.1) is 6.92 Å². The highest BCUT2D eigenvalue weighted by Crippen LogP contribution is 2.08. The maximum absolute atomic E-state index is 11.2. The minimum Gasteiger partial charge on any atom is -0.340 e. The van der Waals surface area contributed by atoms with Gasteiger partial charge in [0.25, 0.3) is 0 Å². The zero-order valence-corrected chi connectivity index (χ0v) is 12.5. The molecule has 0 saturated carbocycles. The van der Waals surface area contributed by atoms with E-state index in [-0.39, 0.29) is 5.91 Å². The molecule has 1 fully saturated rings. The Morgan fingerprint density at radius 3 is 2.32 bits per heavy atom. The molecule has 106 valence electrons. The van der Waals surface area contributed by atoms with Crippen molar-refractivity contribution < 1.29 is 4.79 Å². The number of amides is 1. The second-order valence-corrected chi connectivity index (χ2v) is 4.59. The first-order chi connectivity index (χ1) is 9.15. The Bertz CT molecular complexity index is 381. The number of hydrogen-bond acceptors (Lipinski definition) is 3. The molecule has 1 aromatic rings. The van der Waals surface area contributed by atoms with E-state index in [1.807, 2.05) is 37.9 Å². The van der Waals surface area contributed by atoms with Gasteiger partial charge in [-0.25, -0.2) is 0 Å². The molecule has 0 spiro atoms. The summed E-state index contributed by atoms with van der Waals surface area (Å²) in [5.41, 5.74) is 2.29. The van der Waals surface area contributed by atoms with Gasteiger partial charge in [-0.15, -0.1) is 0 Å². The van der Waals surface area contributed by atoms with Crippen LogP contribution in [0.4, 0.5) is 0 Å². The molecule has 0 atom stereocenters. The molecule has 1 aliphatic rings. The minimum atomic E-state index is 0.182. The molecule has 0 aliphatic carbocycles. The third-order valence-corrected chi connectivity index (χ3v) is 3.20. The highest BCUT2D eigenvalue weighted by Gasteiger charge is 2.18. The molecule has 1 amide bonds. The minimum absolute atomic E-state index is 0.182. The molecule has 2 heterocycles. The number of carbonyl (C=O) groups is 1. The number of piperazine rings is 1. The van der Waals surface area contributed by atoms with Crippen LogP contribution in [0.15, 0.2) is 18.3 Å². The van der Waals surface area contributed by atoms with Crippen molar-refractivity contribution in [1.29, 1.82) is 0 Å². The van der Waals surface area contributed by atoms with E-state index in [0.717, 1.165) is 38.4 Å². The molecule has 0 unspecified atom stereocenters. The maximum atomic E-state index is 11.2. The van der Waals surface area contributed by atoms with Crippen molar-refractivity contribution in [1.82, 2.24) is 14.8 Å². The Morgan fingerprint density at radius 2 is 1.84 bits per heavy atom. The summed E-state index contributed by atoms with van der Waals surface area (Å²) in [5.74, 6) is 0.182. The molecule has 19 heavy (non-hydrogen) atoms. The van der Waals surface area contributed by atoms with Gasteiger partial charge in [0.1, 0.15) is 0 Å². The number of carbonyl (C=O) groups excluding carboxylic acids is 1. The normalized spacial score (nSPS) is 15.7.